The second kappa shape index (κ2) is 4.26. The van der Waals surface area contributed by atoms with Crippen LogP contribution in [0.3, 0.4) is 0 Å². The number of anilines is 1. The lowest BCUT2D eigenvalue weighted by Crippen LogP contribution is -2.16. The molecular formula is C10H15N3O. The summed E-state index contributed by atoms with van der Waals surface area (Å²) in [7, 11) is 1.61. The van der Waals surface area contributed by atoms with Gasteiger partial charge in [-0.1, -0.05) is 12.8 Å². The summed E-state index contributed by atoms with van der Waals surface area (Å²) in [6, 6.07) is 2.29. The van der Waals surface area contributed by atoms with Crippen molar-refractivity contribution in [2.45, 2.75) is 31.7 Å². The first kappa shape index (κ1) is 9.24. The molecule has 2 rings (SSSR count). The van der Waals surface area contributed by atoms with Gasteiger partial charge in [0.2, 0.25) is 11.8 Å². The van der Waals surface area contributed by atoms with Gasteiger partial charge in [-0.25, -0.2) is 4.98 Å². The highest BCUT2D eigenvalue weighted by Gasteiger charge is 2.15. The highest BCUT2D eigenvalue weighted by Crippen LogP contribution is 2.21. The number of rotatable bonds is 3. The molecule has 4 nitrogen and oxygen atoms in total. The highest BCUT2D eigenvalue weighted by atomic mass is 16.5. The molecule has 0 amide bonds. The number of nitrogens with one attached hydrogen (secondary N) is 1. The quantitative estimate of drug-likeness (QED) is 0.795. The minimum absolute atomic E-state index is 0.544. The van der Waals surface area contributed by atoms with E-state index < -0.39 is 0 Å². The Morgan fingerprint density at radius 3 is 2.93 bits per heavy atom. The van der Waals surface area contributed by atoms with Gasteiger partial charge in [-0.15, -0.1) is 0 Å². The molecule has 0 saturated heterocycles. The molecule has 1 heterocycles. The zero-order valence-electron chi connectivity index (χ0n) is 8.36. The van der Waals surface area contributed by atoms with Crippen LogP contribution in [0.25, 0.3) is 0 Å². The lowest BCUT2D eigenvalue weighted by molar-refractivity contribution is 0.397. The maximum atomic E-state index is 5.03. The molecule has 0 aromatic carbocycles. The van der Waals surface area contributed by atoms with Crippen molar-refractivity contribution in [1.29, 1.82) is 0 Å². The van der Waals surface area contributed by atoms with Crippen LogP contribution in [0.4, 0.5) is 5.95 Å². The number of hydrogen-bond donors (Lipinski definition) is 1. The fraction of sp³-hybridized carbons (Fsp3) is 0.600. The molecule has 14 heavy (non-hydrogen) atoms. The first-order chi connectivity index (χ1) is 6.88. The Morgan fingerprint density at radius 1 is 1.43 bits per heavy atom. The predicted molar refractivity (Wildman–Crippen MR) is 54.5 cm³/mol. The van der Waals surface area contributed by atoms with E-state index in [0.717, 1.165) is 0 Å². The van der Waals surface area contributed by atoms with E-state index in [-0.39, 0.29) is 0 Å². The Morgan fingerprint density at radius 2 is 2.21 bits per heavy atom. The smallest absolute Gasteiger partial charge is 0.226 e. The second-order valence-electron chi connectivity index (χ2n) is 3.55. The average Bonchev–Trinajstić information content (AvgIpc) is 2.71. The number of hydrogen-bond acceptors (Lipinski definition) is 4. The maximum absolute atomic E-state index is 5.03. The van der Waals surface area contributed by atoms with Crippen molar-refractivity contribution in [3.8, 4) is 5.88 Å². The minimum Gasteiger partial charge on any atom is -0.481 e. The topological polar surface area (TPSA) is 47.0 Å². The van der Waals surface area contributed by atoms with E-state index in [1.165, 1.54) is 25.7 Å². The molecule has 4 heteroatoms. The molecule has 1 aromatic heterocycles. The van der Waals surface area contributed by atoms with E-state index in [0.29, 0.717) is 17.9 Å². The second-order valence-corrected chi connectivity index (χ2v) is 3.55. The summed E-state index contributed by atoms with van der Waals surface area (Å²) in [6.07, 6.45) is 6.77. The zero-order valence-corrected chi connectivity index (χ0v) is 8.36. The maximum Gasteiger partial charge on any atom is 0.226 e. The monoisotopic (exact) mass is 193 g/mol. The van der Waals surface area contributed by atoms with Crippen LogP contribution in [0, 0.1) is 0 Å². The summed E-state index contributed by atoms with van der Waals surface area (Å²) in [6.45, 7) is 0. The molecule has 1 aromatic rings. The Kier molecular flexibility index (Phi) is 2.81. The van der Waals surface area contributed by atoms with Crippen molar-refractivity contribution in [3.05, 3.63) is 12.3 Å². The van der Waals surface area contributed by atoms with Crippen LogP contribution < -0.4 is 10.1 Å². The summed E-state index contributed by atoms with van der Waals surface area (Å²) < 4.78 is 5.03. The molecule has 0 radical (unpaired) electrons. The van der Waals surface area contributed by atoms with E-state index in [9.17, 15) is 0 Å². The molecule has 1 aliphatic carbocycles. The highest BCUT2D eigenvalue weighted by molar-refractivity contribution is 5.28. The van der Waals surface area contributed by atoms with Crippen molar-refractivity contribution < 1.29 is 4.74 Å². The summed E-state index contributed by atoms with van der Waals surface area (Å²) in [5.41, 5.74) is 0. The Balaban J connectivity index is 2.00. The molecule has 0 bridgehead atoms. The average molecular weight is 193 g/mol. The van der Waals surface area contributed by atoms with E-state index in [4.69, 9.17) is 4.74 Å². The first-order valence-corrected chi connectivity index (χ1v) is 5.02. The third-order valence-electron chi connectivity index (χ3n) is 2.53. The van der Waals surface area contributed by atoms with Gasteiger partial charge in [0, 0.05) is 18.3 Å². The Labute approximate surface area is 83.7 Å². The molecule has 0 spiro atoms. The lowest BCUT2D eigenvalue weighted by atomic mass is 10.2. The number of aromatic nitrogens is 2. The van der Waals surface area contributed by atoms with Crippen LogP contribution >= 0.6 is 0 Å². The molecule has 1 N–H and O–H groups in total. The van der Waals surface area contributed by atoms with Crippen LogP contribution in [0.1, 0.15) is 25.7 Å². The van der Waals surface area contributed by atoms with Gasteiger partial charge in [-0.2, -0.15) is 4.98 Å². The molecule has 1 saturated carbocycles. The van der Waals surface area contributed by atoms with Crippen molar-refractivity contribution in [3.63, 3.8) is 0 Å². The molecule has 1 aliphatic rings. The number of ether oxygens (including phenoxy) is 1. The van der Waals surface area contributed by atoms with Gasteiger partial charge in [0.05, 0.1) is 7.11 Å². The van der Waals surface area contributed by atoms with Gasteiger partial charge in [-0.3, -0.25) is 0 Å². The fourth-order valence-electron chi connectivity index (χ4n) is 1.78. The molecule has 0 atom stereocenters. The van der Waals surface area contributed by atoms with Gasteiger partial charge in [0.15, 0.2) is 0 Å². The predicted octanol–water partition coefficient (Wildman–Crippen LogP) is 1.84. The van der Waals surface area contributed by atoms with Crippen LogP contribution in [0.15, 0.2) is 12.3 Å². The Bertz CT molecular complexity index is 297. The van der Waals surface area contributed by atoms with Crippen LogP contribution in [0.2, 0.25) is 0 Å². The molecular weight excluding hydrogens is 178 g/mol. The molecule has 76 valence electrons. The van der Waals surface area contributed by atoms with Gasteiger partial charge >= 0.3 is 0 Å². The van der Waals surface area contributed by atoms with Crippen molar-refractivity contribution in [1.82, 2.24) is 9.97 Å². The first-order valence-electron chi connectivity index (χ1n) is 5.02. The van der Waals surface area contributed by atoms with Gasteiger partial charge in [0.25, 0.3) is 0 Å². The molecule has 0 aliphatic heterocycles. The third kappa shape index (κ3) is 2.13. The molecule has 1 fully saturated rings. The van der Waals surface area contributed by atoms with Crippen LogP contribution in [-0.2, 0) is 0 Å². The zero-order chi connectivity index (χ0) is 9.80. The van der Waals surface area contributed by atoms with Crippen molar-refractivity contribution in [2.24, 2.45) is 0 Å². The number of methoxy groups -OCH3 is 1. The normalized spacial score (nSPS) is 16.9. The fourth-order valence-corrected chi connectivity index (χ4v) is 1.78. The van der Waals surface area contributed by atoms with E-state index in [1.807, 2.05) is 0 Å². The van der Waals surface area contributed by atoms with Crippen molar-refractivity contribution in [2.75, 3.05) is 12.4 Å². The lowest BCUT2D eigenvalue weighted by Gasteiger charge is -2.11. The summed E-state index contributed by atoms with van der Waals surface area (Å²) in [5, 5.41) is 3.31. The van der Waals surface area contributed by atoms with Crippen LogP contribution in [0.5, 0.6) is 5.88 Å². The van der Waals surface area contributed by atoms with E-state index >= 15 is 0 Å². The van der Waals surface area contributed by atoms with Gasteiger partial charge < -0.3 is 10.1 Å². The Hall–Kier alpha value is -1.32. The largest absolute Gasteiger partial charge is 0.481 e. The SMILES string of the molecule is COc1ccnc(NC2CCCC2)n1. The number of nitrogens with zero attached hydrogens (tertiary/aromatic N) is 2. The van der Waals surface area contributed by atoms with Crippen LogP contribution in [-0.4, -0.2) is 23.1 Å². The summed E-state index contributed by atoms with van der Waals surface area (Å²) in [4.78, 5) is 8.36. The summed E-state index contributed by atoms with van der Waals surface area (Å²) in [5.74, 6) is 1.29. The molecule has 0 unspecified atom stereocenters. The van der Waals surface area contributed by atoms with E-state index in [1.54, 1.807) is 19.4 Å². The van der Waals surface area contributed by atoms with E-state index in [2.05, 4.69) is 15.3 Å². The van der Waals surface area contributed by atoms with Gasteiger partial charge in [-0.05, 0) is 12.8 Å². The third-order valence-corrected chi connectivity index (χ3v) is 2.53. The standard InChI is InChI=1S/C10H15N3O/c1-14-9-6-7-11-10(13-9)12-8-4-2-3-5-8/h6-8H,2-5H2,1H3,(H,11,12,13). The van der Waals surface area contributed by atoms with Gasteiger partial charge in [0.1, 0.15) is 0 Å². The van der Waals surface area contributed by atoms with Crippen molar-refractivity contribution >= 4 is 5.95 Å². The minimum atomic E-state index is 0.544. The summed E-state index contributed by atoms with van der Waals surface area (Å²) >= 11 is 0.